The van der Waals surface area contributed by atoms with Gasteiger partial charge >= 0.3 is 0 Å². The van der Waals surface area contributed by atoms with Crippen molar-refractivity contribution in [3.8, 4) is 0 Å². The van der Waals surface area contributed by atoms with Crippen molar-refractivity contribution in [1.29, 1.82) is 0 Å². The van der Waals surface area contributed by atoms with Gasteiger partial charge in [0.25, 0.3) is 15.9 Å². The van der Waals surface area contributed by atoms with Gasteiger partial charge in [-0.15, -0.1) is 0 Å². The third-order valence-electron chi connectivity index (χ3n) is 4.14. The number of ketones is 1. The molecule has 0 saturated carbocycles. The van der Waals surface area contributed by atoms with Crippen LogP contribution in [-0.4, -0.2) is 31.0 Å². The Labute approximate surface area is 146 Å². The Balaban J connectivity index is 2.06. The smallest absolute Gasteiger partial charge is 0.269 e. The van der Waals surface area contributed by atoms with Gasteiger partial charge in [-0.3, -0.25) is 9.59 Å². The Kier molecular flexibility index (Phi) is 4.30. The molecule has 1 amide bonds. The van der Waals surface area contributed by atoms with Gasteiger partial charge in [-0.1, -0.05) is 48.0 Å². The monoisotopic (exact) mass is 355 g/mol. The molecule has 2 aromatic carbocycles. The summed E-state index contributed by atoms with van der Waals surface area (Å²) in [6, 6.07) is 14.9. The minimum atomic E-state index is -4.02. The molecule has 3 rings (SSSR count). The first-order valence-corrected chi connectivity index (χ1v) is 9.19. The zero-order chi connectivity index (χ0) is 18.2. The van der Waals surface area contributed by atoms with Gasteiger partial charge in [0.15, 0.2) is 5.78 Å². The van der Waals surface area contributed by atoms with Gasteiger partial charge in [0, 0.05) is 5.57 Å². The summed E-state index contributed by atoms with van der Waals surface area (Å²) < 4.78 is 26.5. The van der Waals surface area contributed by atoms with Gasteiger partial charge in [0.2, 0.25) is 0 Å². The molecular weight excluding hydrogens is 338 g/mol. The Bertz CT molecular complexity index is 974. The van der Waals surface area contributed by atoms with E-state index in [-0.39, 0.29) is 28.4 Å². The summed E-state index contributed by atoms with van der Waals surface area (Å²) in [5, 5.41) is 0. The molecule has 2 aromatic rings. The van der Waals surface area contributed by atoms with Gasteiger partial charge in [-0.25, -0.2) is 12.7 Å². The zero-order valence-electron chi connectivity index (χ0n) is 13.9. The molecule has 25 heavy (non-hydrogen) atoms. The summed E-state index contributed by atoms with van der Waals surface area (Å²) in [6.45, 7) is 2.95. The summed E-state index contributed by atoms with van der Waals surface area (Å²) >= 11 is 0. The van der Waals surface area contributed by atoms with Crippen molar-refractivity contribution in [1.82, 2.24) is 4.31 Å². The molecule has 0 aliphatic carbocycles. The highest BCUT2D eigenvalue weighted by Gasteiger charge is 2.40. The minimum Gasteiger partial charge on any atom is -0.295 e. The van der Waals surface area contributed by atoms with Crippen LogP contribution in [0.25, 0.3) is 5.57 Å². The lowest BCUT2D eigenvalue weighted by molar-refractivity contribution is -0.119. The van der Waals surface area contributed by atoms with E-state index < -0.39 is 15.9 Å². The second-order valence-corrected chi connectivity index (χ2v) is 7.77. The van der Waals surface area contributed by atoms with E-state index in [1.165, 1.54) is 19.1 Å². The van der Waals surface area contributed by atoms with E-state index in [1.54, 1.807) is 42.5 Å². The second-order valence-electron chi connectivity index (χ2n) is 5.91. The van der Waals surface area contributed by atoms with Gasteiger partial charge in [0.1, 0.15) is 0 Å². The summed E-state index contributed by atoms with van der Waals surface area (Å²) in [4.78, 5) is 24.9. The molecule has 1 heterocycles. The molecule has 128 valence electrons. The van der Waals surface area contributed by atoms with Gasteiger partial charge in [-0.05, 0) is 31.5 Å². The lowest BCUT2D eigenvalue weighted by Crippen LogP contribution is -2.34. The topological polar surface area (TPSA) is 71.5 Å². The number of Topliss-reactive ketones (excluding diaryl/α,β-unsaturated/α-hetero) is 1. The molecule has 5 nitrogen and oxygen atoms in total. The largest absolute Gasteiger partial charge is 0.295 e. The van der Waals surface area contributed by atoms with Crippen molar-refractivity contribution in [2.45, 2.75) is 18.7 Å². The summed E-state index contributed by atoms with van der Waals surface area (Å²) in [6.07, 6.45) is 0. The number of hydrogen-bond acceptors (Lipinski definition) is 4. The maximum Gasteiger partial charge on any atom is 0.269 e. The van der Waals surface area contributed by atoms with E-state index in [1.807, 2.05) is 6.92 Å². The Morgan fingerprint density at radius 1 is 1.00 bits per heavy atom. The van der Waals surface area contributed by atoms with Crippen LogP contribution in [0.5, 0.6) is 0 Å². The Morgan fingerprint density at radius 3 is 2.16 bits per heavy atom. The SMILES string of the molecule is CC(=O)C1=C(c2ccccc2)C(=O)N(S(=O)(=O)c2ccc(C)cc2)C1. The number of nitrogens with zero attached hydrogens (tertiary/aromatic N) is 1. The molecule has 0 radical (unpaired) electrons. The first kappa shape index (κ1) is 17.1. The molecule has 0 N–H and O–H groups in total. The third kappa shape index (κ3) is 3.00. The van der Waals surface area contributed by atoms with Crippen LogP contribution in [0, 0.1) is 6.92 Å². The van der Waals surface area contributed by atoms with Crippen LogP contribution in [0.2, 0.25) is 0 Å². The highest BCUT2D eigenvalue weighted by Crippen LogP contribution is 2.32. The lowest BCUT2D eigenvalue weighted by atomic mass is 10.00. The van der Waals surface area contributed by atoms with Crippen LogP contribution >= 0.6 is 0 Å². The minimum absolute atomic E-state index is 0.0312. The van der Waals surface area contributed by atoms with Crippen molar-refractivity contribution in [3.05, 3.63) is 71.3 Å². The molecule has 0 atom stereocenters. The summed E-state index contributed by atoms with van der Waals surface area (Å²) in [5.74, 6) is -0.981. The number of benzene rings is 2. The van der Waals surface area contributed by atoms with Crippen molar-refractivity contribution in [3.63, 3.8) is 0 Å². The van der Waals surface area contributed by atoms with Crippen molar-refractivity contribution in [2.75, 3.05) is 6.54 Å². The number of carbonyl (C=O) groups is 2. The van der Waals surface area contributed by atoms with Crippen LogP contribution < -0.4 is 0 Å². The number of amides is 1. The van der Waals surface area contributed by atoms with Gasteiger partial charge in [0.05, 0.1) is 17.0 Å². The number of hydrogen-bond donors (Lipinski definition) is 0. The van der Waals surface area contributed by atoms with E-state index in [0.717, 1.165) is 9.87 Å². The summed E-state index contributed by atoms with van der Waals surface area (Å²) in [7, 11) is -4.02. The zero-order valence-corrected chi connectivity index (χ0v) is 14.7. The second kappa shape index (κ2) is 6.29. The average Bonchev–Trinajstić information content (AvgIpc) is 2.94. The normalized spacial score (nSPS) is 15.0. The lowest BCUT2D eigenvalue weighted by Gasteiger charge is -2.17. The maximum absolute atomic E-state index is 12.9. The predicted octanol–water partition coefficient (Wildman–Crippen LogP) is 2.57. The molecule has 0 unspecified atom stereocenters. The fraction of sp³-hybridized carbons (Fsp3) is 0.158. The molecule has 1 aliphatic rings. The maximum atomic E-state index is 12.9. The van der Waals surface area contributed by atoms with Crippen LogP contribution in [0.4, 0.5) is 0 Å². The molecule has 0 aromatic heterocycles. The molecule has 0 bridgehead atoms. The highest BCUT2D eigenvalue weighted by atomic mass is 32.2. The molecular formula is C19H17NO4S. The molecule has 6 heteroatoms. The Morgan fingerprint density at radius 2 is 1.60 bits per heavy atom. The molecule has 0 saturated heterocycles. The van der Waals surface area contributed by atoms with Crippen LogP contribution in [-0.2, 0) is 19.6 Å². The molecule has 0 fully saturated rings. The van der Waals surface area contributed by atoms with E-state index in [0.29, 0.717) is 5.56 Å². The van der Waals surface area contributed by atoms with Crippen LogP contribution in [0.3, 0.4) is 0 Å². The van der Waals surface area contributed by atoms with Crippen molar-refractivity contribution < 1.29 is 18.0 Å². The molecule has 0 spiro atoms. The first-order chi connectivity index (χ1) is 11.8. The fourth-order valence-corrected chi connectivity index (χ4v) is 4.11. The van der Waals surface area contributed by atoms with E-state index in [2.05, 4.69) is 0 Å². The standard InChI is InChI=1S/C19H17NO4S/c1-13-8-10-16(11-9-13)25(23,24)20-12-17(14(2)21)18(19(20)22)15-6-4-3-5-7-15/h3-11H,12H2,1-2H3. The fourth-order valence-electron chi connectivity index (χ4n) is 2.77. The quantitative estimate of drug-likeness (QED) is 0.845. The third-order valence-corrected chi connectivity index (χ3v) is 5.88. The first-order valence-electron chi connectivity index (χ1n) is 7.75. The van der Waals surface area contributed by atoms with E-state index in [9.17, 15) is 18.0 Å². The predicted molar refractivity (Wildman–Crippen MR) is 94.1 cm³/mol. The highest BCUT2D eigenvalue weighted by molar-refractivity contribution is 7.89. The van der Waals surface area contributed by atoms with Crippen molar-refractivity contribution >= 4 is 27.3 Å². The van der Waals surface area contributed by atoms with Crippen LogP contribution in [0.15, 0.2) is 65.1 Å². The number of rotatable bonds is 4. The molecule has 1 aliphatic heterocycles. The van der Waals surface area contributed by atoms with Crippen LogP contribution in [0.1, 0.15) is 18.1 Å². The van der Waals surface area contributed by atoms with Gasteiger partial charge < -0.3 is 0 Å². The van der Waals surface area contributed by atoms with E-state index >= 15 is 0 Å². The summed E-state index contributed by atoms with van der Waals surface area (Å²) in [5.41, 5.74) is 1.83. The Hall–Kier alpha value is -2.73. The van der Waals surface area contributed by atoms with Gasteiger partial charge in [-0.2, -0.15) is 0 Å². The van der Waals surface area contributed by atoms with Crippen molar-refractivity contribution in [2.24, 2.45) is 0 Å². The number of carbonyl (C=O) groups excluding carboxylic acids is 2. The number of sulfonamides is 1. The van der Waals surface area contributed by atoms with E-state index in [4.69, 9.17) is 0 Å². The average molecular weight is 355 g/mol. The number of aryl methyl sites for hydroxylation is 1.